The molecule has 0 saturated heterocycles. The summed E-state index contributed by atoms with van der Waals surface area (Å²) in [5, 5.41) is 0. The van der Waals surface area contributed by atoms with Crippen molar-refractivity contribution in [2.75, 3.05) is 34.4 Å². The molecule has 0 amide bonds. The minimum Gasteiger partial charge on any atom is -0.497 e. The van der Waals surface area contributed by atoms with Crippen LogP contribution in [0.1, 0.15) is 5.56 Å². The van der Waals surface area contributed by atoms with Crippen molar-refractivity contribution in [3.05, 3.63) is 29.6 Å². The van der Waals surface area contributed by atoms with Crippen molar-refractivity contribution >= 4 is 15.9 Å². The average Bonchev–Trinajstić information content (AvgIpc) is 2.31. The highest BCUT2D eigenvalue weighted by Crippen LogP contribution is 2.17. The molecule has 0 aliphatic rings. The van der Waals surface area contributed by atoms with Gasteiger partial charge in [0.1, 0.15) is 11.6 Å². The monoisotopic (exact) mass is 319 g/mol. The van der Waals surface area contributed by atoms with Gasteiger partial charge in [-0.05, 0) is 13.1 Å². The van der Waals surface area contributed by atoms with Crippen LogP contribution in [0.15, 0.2) is 18.2 Å². The molecule has 5 heteroatoms. The van der Waals surface area contributed by atoms with E-state index in [0.29, 0.717) is 24.5 Å². The molecule has 0 N–H and O–H groups in total. The van der Waals surface area contributed by atoms with Gasteiger partial charge in [-0.15, -0.1) is 0 Å². The van der Waals surface area contributed by atoms with Crippen LogP contribution in [0.25, 0.3) is 0 Å². The second-order valence-corrected chi connectivity index (χ2v) is 5.50. The Morgan fingerprint density at radius 2 is 2.11 bits per heavy atom. The van der Waals surface area contributed by atoms with Crippen LogP contribution in [0.2, 0.25) is 0 Å². The van der Waals surface area contributed by atoms with Gasteiger partial charge in [0.2, 0.25) is 0 Å². The quantitative estimate of drug-likeness (QED) is 0.721. The summed E-state index contributed by atoms with van der Waals surface area (Å²) in [7, 11) is 5.14. The number of hydrogen-bond acceptors (Lipinski definition) is 3. The fraction of sp³-hybridized carbons (Fsp3) is 0.538. The Bertz CT molecular complexity index is 376. The molecule has 1 unspecified atom stereocenters. The maximum Gasteiger partial charge on any atom is 0.131 e. The number of alkyl halides is 1. The van der Waals surface area contributed by atoms with Crippen molar-refractivity contribution in [2.45, 2.75) is 11.4 Å². The molecule has 1 atom stereocenters. The van der Waals surface area contributed by atoms with Gasteiger partial charge < -0.3 is 14.4 Å². The molecule has 3 nitrogen and oxygen atoms in total. The fourth-order valence-corrected chi connectivity index (χ4v) is 2.47. The minimum absolute atomic E-state index is 0.237. The van der Waals surface area contributed by atoms with Crippen molar-refractivity contribution in [3.63, 3.8) is 0 Å². The van der Waals surface area contributed by atoms with Crippen LogP contribution < -0.4 is 4.74 Å². The zero-order chi connectivity index (χ0) is 13.5. The van der Waals surface area contributed by atoms with Gasteiger partial charge in [0.05, 0.1) is 18.5 Å². The summed E-state index contributed by atoms with van der Waals surface area (Å²) in [6, 6.07) is 4.93. The molecule has 1 rings (SSSR count). The molecule has 0 heterocycles. The van der Waals surface area contributed by atoms with Gasteiger partial charge in [-0.2, -0.15) is 0 Å². The first-order valence-electron chi connectivity index (χ1n) is 5.70. The van der Waals surface area contributed by atoms with E-state index in [1.807, 2.05) is 11.9 Å². The topological polar surface area (TPSA) is 21.7 Å². The van der Waals surface area contributed by atoms with E-state index < -0.39 is 0 Å². The van der Waals surface area contributed by atoms with Crippen LogP contribution in [0.5, 0.6) is 5.75 Å². The summed E-state index contributed by atoms with van der Waals surface area (Å²) in [5.41, 5.74) is 0.662. The zero-order valence-electron chi connectivity index (χ0n) is 11.0. The molecule has 0 fully saturated rings. The van der Waals surface area contributed by atoms with Crippen molar-refractivity contribution in [1.82, 2.24) is 4.90 Å². The van der Waals surface area contributed by atoms with E-state index in [0.717, 1.165) is 6.54 Å². The number of benzene rings is 1. The molecule has 0 aromatic heterocycles. The highest BCUT2D eigenvalue weighted by Gasteiger charge is 2.11. The molecular weight excluding hydrogens is 301 g/mol. The lowest BCUT2D eigenvalue weighted by Gasteiger charge is -2.20. The number of rotatable bonds is 7. The van der Waals surface area contributed by atoms with Crippen LogP contribution in [0.3, 0.4) is 0 Å². The standard InChI is InChI=1S/C13H19BrFNO2/c1-16(8-11(14)9-17-2)7-10-4-5-12(18-3)6-13(10)15/h4-6,11H,7-9H2,1-3H3. The first-order valence-corrected chi connectivity index (χ1v) is 6.62. The number of methoxy groups -OCH3 is 2. The van der Waals surface area contributed by atoms with Crippen molar-refractivity contribution in [1.29, 1.82) is 0 Å². The normalized spacial score (nSPS) is 12.8. The van der Waals surface area contributed by atoms with Crippen LogP contribution in [-0.2, 0) is 11.3 Å². The SMILES string of the molecule is COCC(Br)CN(C)Cc1ccc(OC)cc1F. The smallest absolute Gasteiger partial charge is 0.131 e. The summed E-state index contributed by atoms with van der Waals surface area (Å²) in [6.45, 7) is 1.98. The second-order valence-electron chi connectivity index (χ2n) is 4.21. The van der Waals surface area contributed by atoms with E-state index in [4.69, 9.17) is 9.47 Å². The molecule has 0 saturated carbocycles. The Morgan fingerprint density at radius 1 is 1.39 bits per heavy atom. The van der Waals surface area contributed by atoms with E-state index in [-0.39, 0.29) is 10.6 Å². The van der Waals surface area contributed by atoms with Gasteiger partial charge in [0.15, 0.2) is 0 Å². The molecule has 0 radical (unpaired) electrons. The molecule has 1 aromatic rings. The Labute approximate surface area is 116 Å². The highest BCUT2D eigenvalue weighted by molar-refractivity contribution is 9.09. The molecular formula is C13H19BrFNO2. The summed E-state index contributed by atoms with van der Waals surface area (Å²) in [6.07, 6.45) is 0. The van der Waals surface area contributed by atoms with Gasteiger partial charge in [-0.3, -0.25) is 0 Å². The summed E-state index contributed by atoms with van der Waals surface area (Å²) < 4.78 is 23.8. The number of halogens is 2. The maximum absolute atomic E-state index is 13.7. The number of hydrogen-bond donors (Lipinski definition) is 0. The number of nitrogens with zero attached hydrogens (tertiary/aromatic N) is 1. The van der Waals surface area contributed by atoms with Crippen molar-refractivity contribution in [3.8, 4) is 5.75 Å². The highest BCUT2D eigenvalue weighted by atomic mass is 79.9. The van der Waals surface area contributed by atoms with Gasteiger partial charge in [-0.1, -0.05) is 22.0 Å². The first-order chi connectivity index (χ1) is 8.56. The van der Waals surface area contributed by atoms with E-state index in [1.54, 1.807) is 19.2 Å². The van der Waals surface area contributed by atoms with Crippen LogP contribution >= 0.6 is 15.9 Å². The zero-order valence-corrected chi connectivity index (χ0v) is 12.5. The Morgan fingerprint density at radius 3 is 2.67 bits per heavy atom. The fourth-order valence-electron chi connectivity index (χ4n) is 1.71. The lowest BCUT2D eigenvalue weighted by atomic mass is 10.2. The van der Waals surface area contributed by atoms with Crippen molar-refractivity contribution < 1.29 is 13.9 Å². The molecule has 0 aliphatic heterocycles. The molecule has 0 spiro atoms. The van der Waals surface area contributed by atoms with Crippen LogP contribution in [-0.4, -0.2) is 44.1 Å². The Hall–Kier alpha value is -0.650. The van der Waals surface area contributed by atoms with E-state index in [1.165, 1.54) is 13.2 Å². The van der Waals surface area contributed by atoms with Gasteiger partial charge in [0.25, 0.3) is 0 Å². The van der Waals surface area contributed by atoms with Gasteiger partial charge in [-0.25, -0.2) is 4.39 Å². The largest absolute Gasteiger partial charge is 0.497 e. The molecule has 0 aliphatic carbocycles. The van der Waals surface area contributed by atoms with E-state index >= 15 is 0 Å². The lowest BCUT2D eigenvalue weighted by molar-refractivity contribution is 0.184. The lowest BCUT2D eigenvalue weighted by Crippen LogP contribution is -2.28. The van der Waals surface area contributed by atoms with Gasteiger partial charge >= 0.3 is 0 Å². The van der Waals surface area contributed by atoms with Gasteiger partial charge in [0, 0.05) is 31.8 Å². The molecule has 0 bridgehead atoms. The minimum atomic E-state index is -0.237. The average molecular weight is 320 g/mol. The summed E-state index contributed by atoms with van der Waals surface area (Å²) >= 11 is 3.51. The van der Waals surface area contributed by atoms with Crippen LogP contribution in [0, 0.1) is 5.82 Å². The van der Waals surface area contributed by atoms with E-state index in [2.05, 4.69) is 15.9 Å². The summed E-state index contributed by atoms with van der Waals surface area (Å²) in [5.74, 6) is 0.302. The molecule has 102 valence electrons. The molecule has 18 heavy (non-hydrogen) atoms. The molecule has 1 aromatic carbocycles. The maximum atomic E-state index is 13.7. The predicted molar refractivity (Wildman–Crippen MR) is 73.9 cm³/mol. The van der Waals surface area contributed by atoms with Crippen LogP contribution in [0.4, 0.5) is 4.39 Å². The van der Waals surface area contributed by atoms with Crippen molar-refractivity contribution in [2.24, 2.45) is 0 Å². The second kappa shape index (κ2) is 7.71. The van der Waals surface area contributed by atoms with E-state index in [9.17, 15) is 4.39 Å². The Kier molecular flexibility index (Phi) is 6.60. The third kappa shape index (κ3) is 4.92. The Balaban J connectivity index is 2.56. The third-order valence-electron chi connectivity index (χ3n) is 2.56. The predicted octanol–water partition coefficient (Wildman–Crippen LogP) is 2.68. The first kappa shape index (κ1) is 15.4. The third-order valence-corrected chi connectivity index (χ3v) is 3.11. The summed E-state index contributed by atoms with van der Waals surface area (Å²) in [4.78, 5) is 2.29. The number of ether oxygens (including phenoxy) is 2.